The van der Waals surface area contributed by atoms with E-state index in [0.29, 0.717) is 0 Å². The predicted octanol–water partition coefficient (Wildman–Crippen LogP) is 0.810. The molecule has 1 aromatic heterocycles. The van der Waals surface area contributed by atoms with Crippen molar-refractivity contribution in [2.45, 2.75) is 32.9 Å². The van der Waals surface area contributed by atoms with Crippen LogP contribution in [0.1, 0.15) is 24.8 Å². The third-order valence-corrected chi connectivity index (χ3v) is 1.75. The van der Waals surface area contributed by atoms with Gasteiger partial charge in [-0.3, -0.25) is 0 Å². The van der Waals surface area contributed by atoms with E-state index in [1.54, 1.807) is 0 Å². The summed E-state index contributed by atoms with van der Waals surface area (Å²) in [6, 6.07) is 2.18. The predicted molar refractivity (Wildman–Crippen MR) is 51.2 cm³/mol. The van der Waals surface area contributed by atoms with Gasteiger partial charge < -0.3 is 15.6 Å². The monoisotopic (exact) mass is 183 g/mol. The van der Waals surface area contributed by atoms with E-state index in [9.17, 15) is 0 Å². The van der Waals surface area contributed by atoms with Gasteiger partial charge >= 0.3 is 0 Å². The summed E-state index contributed by atoms with van der Waals surface area (Å²) in [6.45, 7) is 5.56. The average Bonchev–Trinajstić information content (AvgIpc) is 2.45. The fraction of sp³-hybridized carbons (Fsp3) is 0.667. The largest absolute Gasteiger partial charge is 0.360 e. The molecule has 74 valence electrons. The van der Waals surface area contributed by atoms with Crippen LogP contribution in [0.15, 0.2) is 10.6 Å². The molecular formula is C9H17N3O. The highest BCUT2D eigenvalue weighted by molar-refractivity contribution is 5.02. The topological polar surface area (TPSA) is 64.1 Å². The Balaban J connectivity index is 2.13. The number of nitrogens with zero attached hydrogens (tertiary/aromatic N) is 1. The van der Waals surface area contributed by atoms with Gasteiger partial charge in [0.2, 0.25) is 0 Å². The van der Waals surface area contributed by atoms with Gasteiger partial charge in [0.1, 0.15) is 0 Å². The maximum absolute atomic E-state index is 5.60. The van der Waals surface area contributed by atoms with Gasteiger partial charge in [-0.05, 0) is 26.8 Å². The highest BCUT2D eigenvalue weighted by Gasteiger charge is 1.99. The first kappa shape index (κ1) is 10.2. The highest BCUT2D eigenvalue weighted by Crippen LogP contribution is 2.00. The molecule has 0 aromatic carbocycles. The maximum Gasteiger partial charge on any atom is 0.150 e. The second kappa shape index (κ2) is 4.99. The Hall–Kier alpha value is -0.870. The first-order valence-corrected chi connectivity index (χ1v) is 4.57. The Bertz CT molecular complexity index is 245. The van der Waals surface area contributed by atoms with E-state index in [2.05, 4.69) is 10.5 Å². The Labute approximate surface area is 78.5 Å². The van der Waals surface area contributed by atoms with Crippen LogP contribution in [-0.4, -0.2) is 17.7 Å². The Kier molecular flexibility index (Phi) is 3.92. The van der Waals surface area contributed by atoms with Crippen molar-refractivity contribution in [3.8, 4) is 0 Å². The zero-order valence-electron chi connectivity index (χ0n) is 8.21. The molecule has 0 saturated heterocycles. The SMILES string of the molecule is Cc1cc(CNCCC(C)N)on1. The van der Waals surface area contributed by atoms with E-state index >= 15 is 0 Å². The molecular weight excluding hydrogens is 166 g/mol. The number of rotatable bonds is 5. The molecule has 0 aliphatic carbocycles. The highest BCUT2D eigenvalue weighted by atomic mass is 16.5. The first-order valence-electron chi connectivity index (χ1n) is 4.57. The second-order valence-corrected chi connectivity index (χ2v) is 3.38. The van der Waals surface area contributed by atoms with Crippen molar-refractivity contribution in [2.75, 3.05) is 6.54 Å². The molecule has 0 aliphatic rings. The zero-order chi connectivity index (χ0) is 9.68. The maximum atomic E-state index is 5.60. The Morgan fingerprint density at radius 2 is 2.46 bits per heavy atom. The van der Waals surface area contributed by atoms with Crippen molar-refractivity contribution in [3.63, 3.8) is 0 Å². The fourth-order valence-corrected chi connectivity index (χ4v) is 1.04. The van der Waals surface area contributed by atoms with Crippen molar-refractivity contribution < 1.29 is 4.52 Å². The number of aryl methyl sites for hydroxylation is 1. The van der Waals surface area contributed by atoms with Crippen molar-refractivity contribution in [1.82, 2.24) is 10.5 Å². The van der Waals surface area contributed by atoms with Crippen LogP contribution in [0.5, 0.6) is 0 Å². The number of nitrogens with one attached hydrogen (secondary N) is 1. The molecule has 1 atom stereocenters. The van der Waals surface area contributed by atoms with Gasteiger partial charge in [-0.1, -0.05) is 5.16 Å². The summed E-state index contributed by atoms with van der Waals surface area (Å²) in [6.07, 6.45) is 0.979. The molecule has 4 heteroatoms. The molecule has 0 bridgehead atoms. The van der Waals surface area contributed by atoms with E-state index in [4.69, 9.17) is 10.3 Å². The minimum atomic E-state index is 0.254. The van der Waals surface area contributed by atoms with Crippen LogP contribution in [0.3, 0.4) is 0 Å². The quantitative estimate of drug-likeness (QED) is 0.663. The van der Waals surface area contributed by atoms with Gasteiger partial charge in [0.15, 0.2) is 5.76 Å². The fourth-order valence-electron chi connectivity index (χ4n) is 1.04. The summed E-state index contributed by atoms with van der Waals surface area (Å²) in [5.74, 6) is 0.877. The summed E-state index contributed by atoms with van der Waals surface area (Å²) in [5, 5.41) is 7.02. The molecule has 0 radical (unpaired) electrons. The first-order chi connectivity index (χ1) is 6.18. The van der Waals surface area contributed by atoms with Crippen LogP contribution in [0, 0.1) is 6.92 Å². The molecule has 0 fully saturated rings. The lowest BCUT2D eigenvalue weighted by molar-refractivity contribution is 0.368. The van der Waals surface area contributed by atoms with Crippen molar-refractivity contribution >= 4 is 0 Å². The molecule has 1 unspecified atom stereocenters. The number of aromatic nitrogens is 1. The molecule has 0 aliphatic heterocycles. The van der Waals surface area contributed by atoms with Gasteiger partial charge in [0, 0.05) is 12.1 Å². The zero-order valence-corrected chi connectivity index (χ0v) is 8.21. The third kappa shape index (κ3) is 4.05. The van der Waals surface area contributed by atoms with E-state index in [1.165, 1.54) is 0 Å². The van der Waals surface area contributed by atoms with Crippen molar-refractivity contribution in [3.05, 3.63) is 17.5 Å². The van der Waals surface area contributed by atoms with Gasteiger partial charge in [-0.2, -0.15) is 0 Å². The van der Waals surface area contributed by atoms with Crippen LogP contribution in [0.25, 0.3) is 0 Å². The molecule has 1 heterocycles. The summed E-state index contributed by atoms with van der Waals surface area (Å²) in [7, 11) is 0. The molecule has 1 rings (SSSR count). The summed E-state index contributed by atoms with van der Waals surface area (Å²) in [4.78, 5) is 0. The molecule has 1 aromatic rings. The minimum absolute atomic E-state index is 0.254. The van der Waals surface area contributed by atoms with Crippen LogP contribution in [-0.2, 0) is 6.54 Å². The van der Waals surface area contributed by atoms with Crippen molar-refractivity contribution in [1.29, 1.82) is 0 Å². The van der Waals surface area contributed by atoms with Crippen LogP contribution < -0.4 is 11.1 Å². The summed E-state index contributed by atoms with van der Waals surface area (Å²) < 4.78 is 5.03. The Morgan fingerprint density at radius 1 is 1.69 bits per heavy atom. The van der Waals surface area contributed by atoms with Crippen LogP contribution in [0.4, 0.5) is 0 Å². The molecule has 0 spiro atoms. The van der Waals surface area contributed by atoms with Crippen molar-refractivity contribution in [2.24, 2.45) is 5.73 Å². The molecule has 0 saturated carbocycles. The van der Waals surface area contributed by atoms with Crippen LogP contribution >= 0.6 is 0 Å². The lowest BCUT2D eigenvalue weighted by Crippen LogP contribution is -2.23. The second-order valence-electron chi connectivity index (χ2n) is 3.38. The van der Waals surface area contributed by atoms with E-state index in [0.717, 1.165) is 31.0 Å². The van der Waals surface area contributed by atoms with Gasteiger partial charge in [0.05, 0.1) is 12.2 Å². The standard InChI is InChI=1S/C9H17N3O/c1-7(10)3-4-11-6-9-5-8(2)12-13-9/h5,7,11H,3-4,6,10H2,1-2H3. The normalized spacial score (nSPS) is 13.2. The number of hydrogen-bond acceptors (Lipinski definition) is 4. The Morgan fingerprint density at radius 3 is 3.00 bits per heavy atom. The smallest absolute Gasteiger partial charge is 0.150 e. The number of nitrogens with two attached hydrogens (primary N) is 1. The molecule has 3 N–H and O–H groups in total. The molecule has 13 heavy (non-hydrogen) atoms. The van der Waals surface area contributed by atoms with Crippen LogP contribution in [0.2, 0.25) is 0 Å². The van der Waals surface area contributed by atoms with E-state index in [1.807, 2.05) is 19.9 Å². The van der Waals surface area contributed by atoms with E-state index in [-0.39, 0.29) is 6.04 Å². The van der Waals surface area contributed by atoms with Gasteiger partial charge in [0.25, 0.3) is 0 Å². The lowest BCUT2D eigenvalue weighted by Gasteiger charge is -2.04. The molecule has 0 amide bonds. The minimum Gasteiger partial charge on any atom is -0.360 e. The van der Waals surface area contributed by atoms with Gasteiger partial charge in [-0.25, -0.2) is 0 Å². The average molecular weight is 183 g/mol. The van der Waals surface area contributed by atoms with E-state index < -0.39 is 0 Å². The summed E-state index contributed by atoms with van der Waals surface area (Å²) in [5.41, 5.74) is 6.52. The molecule has 4 nitrogen and oxygen atoms in total. The van der Waals surface area contributed by atoms with Gasteiger partial charge in [-0.15, -0.1) is 0 Å². The lowest BCUT2D eigenvalue weighted by atomic mass is 10.2. The third-order valence-electron chi connectivity index (χ3n) is 1.75. The number of hydrogen-bond donors (Lipinski definition) is 2. The summed E-state index contributed by atoms with van der Waals surface area (Å²) >= 11 is 0.